The summed E-state index contributed by atoms with van der Waals surface area (Å²) in [5.74, 6) is 2.03. The van der Waals surface area contributed by atoms with Crippen LogP contribution in [0.1, 0.15) is 112 Å². The number of carbonyl (C=O) groups is 1. The molecule has 5 fully saturated rings. The van der Waals surface area contributed by atoms with Crippen molar-refractivity contribution in [1.82, 2.24) is 0 Å². The maximum atomic E-state index is 12.8. The zero-order chi connectivity index (χ0) is 30.4. The van der Waals surface area contributed by atoms with Crippen molar-refractivity contribution in [2.24, 2.45) is 56.7 Å². The van der Waals surface area contributed by atoms with Crippen LogP contribution in [0, 0.1) is 56.7 Å². The Labute approximate surface area is 246 Å². The van der Waals surface area contributed by atoms with Crippen LogP contribution in [0.4, 0.5) is 0 Å². The van der Waals surface area contributed by atoms with Gasteiger partial charge >= 0.3 is 20.8 Å². The molecule has 2 N–H and O–H groups in total. The third-order valence-electron chi connectivity index (χ3n) is 13.5. The lowest BCUT2D eigenvalue weighted by Crippen LogP contribution is -2.59. The Hall–Kier alpha value is -0.590. The molecule has 5 aliphatic rings. The lowest BCUT2D eigenvalue weighted by atomic mass is 9.41. The van der Waals surface area contributed by atoms with Gasteiger partial charge < -0.3 is 0 Å². The molecule has 10 atom stereocenters. The molecule has 236 valence electrons. The Morgan fingerprint density at radius 2 is 1.44 bits per heavy atom. The molecular formula is C30H50O9S2. The second-order valence-corrected chi connectivity index (χ2v) is 17.9. The molecule has 0 aromatic heterocycles. The highest BCUT2D eigenvalue weighted by molar-refractivity contribution is 7.81. The van der Waals surface area contributed by atoms with Gasteiger partial charge in [-0.25, -0.2) is 8.37 Å². The normalized spacial score (nSPS) is 46.3. The molecule has 41 heavy (non-hydrogen) atoms. The minimum atomic E-state index is -4.77. The van der Waals surface area contributed by atoms with Crippen LogP contribution in [0.2, 0.25) is 0 Å². The highest BCUT2D eigenvalue weighted by Gasteiger charge is 2.82. The van der Waals surface area contributed by atoms with Gasteiger partial charge in [0.25, 0.3) is 0 Å². The first-order valence-electron chi connectivity index (χ1n) is 15.5. The monoisotopic (exact) mass is 618 g/mol. The summed E-state index contributed by atoms with van der Waals surface area (Å²) in [6, 6.07) is 0. The van der Waals surface area contributed by atoms with Crippen molar-refractivity contribution in [2.75, 3.05) is 6.61 Å². The summed E-state index contributed by atoms with van der Waals surface area (Å²) in [5.41, 5.74) is -0.738. The molecule has 2 spiro atoms. The predicted octanol–water partition coefficient (Wildman–Crippen LogP) is 6.05. The van der Waals surface area contributed by atoms with E-state index in [4.69, 9.17) is 8.37 Å². The average molecular weight is 619 g/mol. The fraction of sp³-hybridized carbons (Fsp3) is 0.967. The van der Waals surface area contributed by atoms with Gasteiger partial charge in [-0.15, -0.1) is 0 Å². The molecule has 5 aliphatic carbocycles. The summed E-state index contributed by atoms with van der Waals surface area (Å²) in [7, 11) is -9.52. The van der Waals surface area contributed by atoms with Gasteiger partial charge in [0.15, 0.2) is 0 Å². The van der Waals surface area contributed by atoms with Crippen molar-refractivity contribution < 1.29 is 39.1 Å². The molecule has 0 bridgehead atoms. The second kappa shape index (κ2) is 9.96. The van der Waals surface area contributed by atoms with Crippen molar-refractivity contribution in [2.45, 2.75) is 118 Å². The zero-order valence-electron chi connectivity index (χ0n) is 25.5. The van der Waals surface area contributed by atoms with Gasteiger partial charge in [0.1, 0.15) is 5.78 Å². The smallest absolute Gasteiger partial charge is 0.300 e. The van der Waals surface area contributed by atoms with Crippen LogP contribution in [-0.4, -0.2) is 44.4 Å². The van der Waals surface area contributed by atoms with Gasteiger partial charge in [0.2, 0.25) is 0 Å². The summed E-state index contributed by atoms with van der Waals surface area (Å²) < 4.78 is 75.7. The highest BCUT2D eigenvalue weighted by atomic mass is 32.3. The molecule has 0 heterocycles. The topological polar surface area (TPSA) is 144 Å². The molecule has 11 heteroatoms. The van der Waals surface area contributed by atoms with Gasteiger partial charge in [-0.1, -0.05) is 41.5 Å². The Balaban J connectivity index is 1.42. The Bertz CT molecular complexity index is 1280. The van der Waals surface area contributed by atoms with Crippen LogP contribution in [0.15, 0.2) is 0 Å². The molecule has 0 radical (unpaired) electrons. The molecule has 0 saturated heterocycles. The van der Waals surface area contributed by atoms with E-state index >= 15 is 0 Å². The Morgan fingerprint density at radius 3 is 2.05 bits per heavy atom. The minimum Gasteiger partial charge on any atom is -0.300 e. The van der Waals surface area contributed by atoms with Gasteiger partial charge in [-0.05, 0) is 109 Å². The van der Waals surface area contributed by atoms with E-state index in [1.165, 1.54) is 0 Å². The first-order valence-corrected chi connectivity index (χ1v) is 18.3. The van der Waals surface area contributed by atoms with Crippen LogP contribution in [0.25, 0.3) is 0 Å². The standard InChI is InChI=1S/C30H50O9S2/c1-19(2)15-21(31)16-20(3)22-9-11-28(6)24-8-7-23-26(4,18-38-40(32,33)34)25(39-41(35,36)37)10-12-29(23)17-30(24,29)14-13-27(22,28)5/h19-20,22-25H,7-18H2,1-6H3,(H,32,33,34)(H,35,36,37)/t20?,22-,23-,24+,25+,26+,27-,28+,29-,30+/m1/s1. The zero-order valence-corrected chi connectivity index (χ0v) is 27.2. The number of ketones is 1. The lowest BCUT2D eigenvalue weighted by Gasteiger charge is -2.63. The minimum absolute atomic E-state index is 0.0637. The molecule has 5 saturated carbocycles. The third-order valence-corrected chi connectivity index (χ3v) is 14.4. The molecule has 1 unspecified atom stereocenters. The molecule has 0 amide bonds. The molecule has 0 aromatic rings. The van der Waals surface area contributed by atoms with Gasteiger partial charge in [0.05, 0.1) is 12.7 Å². The third kappa shape index (κ3) is 4.96. The van der Waals surface area contributed by atoms with E-state index in [0.717, 1.165) is 51.4 Å². The largest absolute Gasteiger partial charge is 0.397 e. The fourth-order valence-corrected chi connectivity index (χ4v) is 12.9. The number of Topliss-reactive ketones (excluding diaryl/α,β-unsaturated/α-hetero) is 1. The van der Waals surface area contributed by atoms with Gasteiger partial charge in [-0.3, -0.25) is 13.9 Å². The second-order valence-electron chi connectivity index (χ2n) is 15.7. The summed E-state index contributed by atoms with van der Waals surface area (Å²) in [4.78, 5) is 12.8. The number of fused-ring (bicyclic) bond motifs is 2. The van der Waals surface area contributed by atoms with Crippen molar-refractivity contribution in [3.05, 3.63) is 0 Å². The Morgan fingerprint density at radius 1 is 0.805 bits per heavy atom. The number of hydrogen-bond acceptors (Lipinski definition) is 7. The number of rotatable bonds is 10. The van der Waals surface area contributed by atoms with E-state index < -0.39 is 38.9 Å². The molecule has 9 nitrogen and oxygen atoms in total. The molecule has 5 rings (SSSR count). The molecular weight excluding hydrogens is 568 g/mol. The summed E-state index contributed by atoms with van der Waals surface area (Å²) >= 11 is 0. The van der Waals surface area contributed by atoms with Crippen molar-refractivity contribution in [3.8, 4) is 0 Å². The van der Waals surface area contributed by atoms with E-state index in [1.807, 2.05) is 0 Å². The lowest BCUT2D eigenvalue weighted by molar-refractivity contribution is -0.168. The van der Waals surface area contributed by atoms with E-state index in [1.54, 1.807) is 6.92 Å². The first-order chi connectivity index (χ1) is 18.7. The van der Waals surface area contributed by atoms with E-state index in [9.17, 15) is 30.7 Å². The summed E-state index contributed by atoms with van der Waals surface area (Å²) in [5, 5.41) is 0. The number of carbonyl (C=O) groups excluding carboxylic acids is 1. The number of hydrogen-bond donors (Lipinski definition) is 2. The van der Waals surface area contributed by atoms with Gasteiger partial charge in [0, 0.05) is 18.3 Å². The molecule has 0 aromatic carbocycles. The van der Waals surface area contributed by atoms with E-state index in [-0.39, 0.29) is 27.6 Å². The van der Waals surface area contributed by atoms with Crippen LogP contribution in [0.5, 0.6) is 0 Å². The van der Waals surface area contributed by atoms with E-state index in [2.05, 4.69) is 34.6 Å². The van der Waals surface area contributed by atoms with Crippen molar-refractivity contribution in [3.63, 3.8) is 0 Å². The maximum absolute atomic E-state index is 12.8. The Kier molecular flexibility index (Phi) is 7.73. The maximum Gasteiger partial charge on any atom is 0.397 e. The summed E-state index contributed by atoms with van der Waals surface area (Å²) in [6.45, 7) is 12.8. The van der Waals surface area contributed by atoms with E-state index in [0.29, 0.717) is 48.7 Å². The fourth-order valence-electron chi connectivity index (χ4n) is 11.9. The van der Waals surface area contributed by atoms with Crippen LogP contribution in [0.3, 0.4) is 0 Å². The van der Waals surface area contributed by atoms with Crippen molar-refractivity contribution >= 4 is 26.6 Å². The van der Waals surface area contributed by atoms with Gasteiger partial charge in [-0.2, -0.15) is 16.8 Å². The highest BCUT2D eigenvalue weighted by Crippen LogP contribution is 2.89. The summed E-state index contributed by atoms with van der Waals surface area (Å²) in [6.07, 6.45) is 8.65. The van der Waals surface area contributed by atoms with Crippen molar-refractivity contribution in [1.29, 1.82) is 0 Å². The van der Waals surface area contributed by atoms with Crippen LogP contribution < -0.4 is 0 Å². The predicted molar refractivity (Wildman–Crippen MR) is 153 cm³/mol. The van der Waals surface area contributed by atoms with Crippen LogP contribution >= 0.6 is 0 Å². The first kappa shape index (κ1) is 31.8. The SMILES string of the molecule is CC(C)CC(=O)CC(C)[C@H]1CC[C@@]2(C)[C@@H]3CC[C@@H]4[C@](C)(COS(=O)(=O)O)[C@@H](OS(=O)(=O)O)CC[C@@]45C[C@@]35CC[C@]12C. The average Bonchev–Trinajstić information content (AvgIpc) is 3.40. The quantitative estimate of drug-likeness (QED) is 0.279. The van der Waals surface area contributed by atoms with Crippen LogP contribution in [-0.2, 0) is 34.0 Å². The molecule has 0 aliphatic heterocycles.